The number of hydrogen-bond donors (Lipinski definition) is 2. The molecule has 0 atom stereocenters. The Kier molecular flexibility index (Phi) is 176. The van der Waals surface area contributed by atoms with Crippen LogP contribution in [0.25, 0.3) is 0 Å². The number of nitrogens with two attached hydrogens (primary N) is 1. The molecule has 0 bridgehead atoms. The van der Waals surface area contributed by atoms with Crippen molar-refractivity contribution in [2.45, 2.75) is 0 Å². The van der Waals surface area contributed by atoms with Gasteiger partial charge >= 0.3 is 51.4 Å². The first-order valence-electron chi connectivity index (χ1n) is 0.258. The quantitative estimate of drug-likeness (QED) is 0.294. The van der Waals surface area contributed by atoms with E-state index in [9.17, 15) is 0 Å². The Balaban J connectivity index is -0.00000000167. The molecule has 0 unspecified atom stereocenters. The summed E-state index contributed by atoms with van der Waals surface area (Å²) in [5, 5.41) is 6.50. The predicted molar refractivity (Wildman–Crippen MR) is 13.2 cm³/mol. The maximum absolute atomic E-state index is 6.50. The maximum atomic E-state index is 6.50. The van der Waals surface area contributed by atoms with E-state index in [1.807, 2.05) is 0 Å². The minimum atomic E-state index is 0. The van der Waals surface area contributed by atoms with E-state index in [0.29, 0.717) is 0 Å². The standard InChI is InChI=1S/BrH.ClH.K.H3NO/c;;;1-2/h2*1H;;2H,1H2/q;;+1;/p-1. The van der Waals surface area contributed by atoms with Crippen LogP contribution in [0.2, 0.25) is 0 Å². The number of hydrogen-bond acceptors (Lipinski definition) is 2. The molecule has 0 saturated heterocycles. The van der Waals surface area contributed by atoms with E-state index < -0.39 is 0 Å². The molecule has 0 rings (SSSR count). The maximum Gasteiger partial charge on any atom is 1.00 e. The van der Waals surface area contributed by atoms with Crippen molar-refractivity contribution >= 4 is 12.4 Å². The van der Waals surface area contributed by atoms with Crippen molar-refractivity contribution in [2.24, 2.45) is 5.90 Å². The van der Waals surface area contributed by atoms with Gasteiger partial charge in [0.25, 0.3) is 0 Å². The summed E-state index contributed by atoms with van der Waals surface area (Å²) in [6.07, 6.45) is 0. The second-order valence-corrected chi connectivity index (χ2v) is 0. The molecule has 2 nitrogen and oxygen atoms in total. The Labute approximate surface area is 90.1 Å². The van der Waals surface area contributed by atoms with Gasteiger partial charge in [0, 0.05) is 0 Å². The molecular formula is H4BrClKNO. The van der Waals surface area contributed by atoms with Crippen molar-refractivity contribution in [1.29, 1.82) is 0 Å². The van der Waals surface area contributed by atoms with Gasteiger partial charge in [0.2, 0.25) is 0 Å². The van der Waals surface area contributed by atoms with E-state index >= 15 is 0 Å². The minimum Gasteiger partial charge on any atom is -1.00 e. The van der Waals surface area contributed by atoms with Crippen molar-refractivity contribution in [2.75, 3.05) is 0 Å². The zero-order valence-corrected chi connectivity index (χ0v) is 8.34. The topological polar surface area (TPSA) is 46.2 Å². The molecule has 0 aromatic heterocycles. The molecule has 5 heteroatoms. The summed E-state index contributed by atoms with van der Waals surface area (Å²) >= 11 is 0. The second kappa shape index (κ2) is 33.2. The zero-order valence-electron chi connectivity index (χ0n) is 2.81. The molecule has 0 aliphatic heterocycles. The van der Waals surface area contributed by atoms with Gasteiger partial charge in [0.15, 0.2) is 0 Å². The van der Waals surface area contributed by atoms with E-state index in [4.69, 9.17) is 5.21 Å². The summed E-state index contributed by atoms with van der Waals surface area (Å²) in [4.78, 5) is 0. The van der Waals surface area contributed by atoms with Gasteiger partial charge in [-0.3, -0.25) is 0 Å². The number of rotatable bonds is 0. The fraction of sp³-hybridized carbons (Fsp3) is 0. The second-order valence-electron chi connectivity index (χ2n) is 0. The molecular weight excluding hydrogens is 184 g/mol. The fourth-order valence-electron chi connectivity index (χ4n) is 0. The Hall–Kier alpha value is 2.33. The van der Waals surface area contributed by atoms with Crippen LogP contribution in [-0.4, -0.2) is 5.21 Å². The fourth-order valence-corrected chi connectivity index (χ4v) is 0. The van der Waals surface area contributed by atoms with Gasteiger partial charge in [-0.25, -0.2) is 5.90 Å². The average Bonchev–Trinajstić information content (AvgIpc) is 1.00. The first kappa shape index (κ1) is 26.5. The normalized spacial score (nSPS) is 1.20. The van der Waals surface area contributed by atoms with Crippen LogP contribution in [0.15, 0.2) is 0 Å². The van der Waals surface area contributed by atoms with Crippen molar-refractivity contribution in [1.82, 2.24) is 0 Å². The third-order valence-electron chi connectivity index (χ3n) is 0. The third kappa shape index (κ3) is 21.9. The van der Waals surface area contributed by atoms with Crippen LogP contribution in [0.5, 0.6) is 0 Å². The predicted octanol–water partition coefficient (Wildman–Crippen LogP) is -6.24. The van der Waals surface area contributed by atoms with Crippen molar-refractivity contribution in [3.05, 3.63) is 0 Å². The van der Waals surface area contributed by atoms with Gasteiger partial charge in [-0.15, -0.1) is 12.4 Å². The van der Waals surface area contributed by atoms with E-state index in [-0.39, 0.29) is 80.8 Å². The minimum absolute atomic E-state index is 0. The smallest absolute Gasteiger partial charge is 1.00 e. The first-order valence-corrected chi connectivity index (χ1v) is 0.258. The molecule has 0 saturated carbocycles. The third-order valence-corrected chi connectivity index (χ3v) is 0. The van der Waals surface area contributed by atoms with Gasteiger partial charge < -0.3 is 22.2 Å². The molecule has 0 aromatic carbocycles. The molecule has 30 valence electrons. The molecule has 3 N–H and O–H groups in total. The monoisotopic (exact) mass is 187 g/mol. The molecule has 0 aromatic rings. The summed E-state index contributed by atoms with van der Waals surface area (Å²) in [6, 6.07) is 0. The molecule has 0 aliphatic rings. The number of halogens is 2. The van der Waals surface area contributed by atoms with Crippen LogP contribution in [0.3, 0.4) is 0 Å². The van der Waals surface area contributed by atoms with E-state index in [0.717, 1.165) is 0 Å². The Morgan fingerprint density at radius 1 is 1.20 bits per heavy atom. The van der Waals surface area contributed by atoms with Crippen molar-refractivity contribution < 1.29 is 73.6 Å². The van der Waals surface area contributed by atoms with Gasteiger partial charge in [0.05, 0.1) is 0 Å². The molecule has 0 radical (unpaired) electrons. The van der Waals surface area contributed by atoms with E-state index in [1.54, 1.807) is 0 Å². The SMILES string of the molecule is Cl.NO.[Br-].[K+]. The Morgan fingerprint density at radius 2 is 1.20 bits per heavy atom. The summed E-state index contributed by atoms with van der Waals surface area (Å²) in [5.41, 5.74) is 0. The Bertz CT molecular complexity index is 11.6. The molecule has 0 heterocycles. The summed E-state index contributed by atoms with van der Waals surface area (Å²) < 4.78 is 0. The van der Waals surface area contributed by atoms with Crippen LogP contribution in [-0.2, 0) is 0 Å². The van der Waals surface area contributed by atoms with Crippen LogP contribution >= 0.6 is 12.4 Å². The van der Waals surface area contributed by atoms with E-state index in [1.165, 1.54) is 0 Å². The summed E-state index contributed by atoms with van der Waals surface area (Å²) in [6.45, 7) is 0. The van der Waals surface area contributed by atoms with Crippen LogP contribution in [0, 0.1) is 0 Å². The molecule has 5 heavy (non-hydrogen) atoms. The summed E-state index contributed by atoms with van der Waals surface area (Å²) in [7, 11) is 0. The van der Waals surface area contributed by atoms with E-state index in [2.05, 4.69) is 5.90 Å². The zero-order chi connectivity index (χ0) is 2.00. The van der Waals surface area contributed by atoms with Crippen LogP contribution in [0.4, 0.5) is 0 Å². The van der Waals surface area contributed by atoms with Gasteiger partial charge in [-0.05, 0) is 0 Å². The Morgan fingerprint density at radius 3 is 1.20 bits per heavy atom. The molecule has 0 spiro atoms. The first-order chi connectivity index (χ1) is 1.00. The largest absolute Gasteiger partial charge is 1.00 e. The van der Waals surface area contributed by atoms with Gasteiger partial charge in [-0.2, -0.15) is 0 Å². The molecule has 0 aliphatic carbocycles. The van der Waals surface area contributed by atoms with Crippen molar-refractivity contribution in [3.8, 4) is 0 Å². The van der Waals surface area contributed by atoms with Crippen LogP contribution < -0.4 is 74.3 Å². The van der Waals surface area contributed by atoms with Crippen LogP contribution in [0.1, 0.15) is 0 Å². The van der Waals surface area contributed by atoms with Gasteiger partial charge in [-0.1, -0.05) is 0 Å². The molecule has 0 fully saturated rings. The van der Waals surface area contributed by atoms with Gasteiger partial charge in [0.1, 0.15) is 0 Å². The average molecular weight is 188 g/mol. The summed E-state index contributed by atoms with van der Waals surface area (Å²) in [5.74, 6) is 3.50. The van der Waals surface area contributed by atoms with Crippen molar-refractivity contribution in [3.63, 3.8) is 0 Å². The molecule has 0 amide bonds.